The first-order valence-electron chi connectivity index (χ1n) is 11.8. The fraction of sp³-hybridized carbons (Fsp3) is 0.958. The van der Waals surface area contributed by atoms with Gasteiger partial charge in [-0.1, -0.05) is 145 Å². The van der Waals surface area contributed by atoms with E-state index in [4.69, 9.17) is 0 Å². The lowest BCUT2D eigenvalue weighted by atomic mass is 9.90. The minimum atomic E-state index is 0.981. The van der Waals surface area contributed by atoms with Gasteiger partial charge in [0, 0.05) is 5.33 Å². The van der Waals surface area contributed by atoms with Crippen LogP contribution in [-0.2, 0) is 0 Å². The topological polar surface area (TPSA) is 0 Å². The number of unbranched alkanes of at least 4 members (excludes halogenated alkanes) is 14. The summed E-state index contributed by atoms with van der Waals surface area (Å²) in [6, 6.07) is 0. The predicted molar refractivity (Wildman–Crippen MR) is 120 cm³/mol. The van der Waals surface area contributed by atoms with Crippen molar-refractivity contribution in [2.24, 2.45) is 5.92 Å². The van der Waals surface area contributed by atoms with Crippen molar-refractivity contribution in [2.45, 2.75) is 142 Å². The number of hydrogen-bond acceptors (Lipinski definition) is 0. The summed E-state index contributed by atoms with van der Waals surface area (Å²) in [6.45, 7) is 4.61. The molecule has 0 rings (SSSR count). The molecule has 0 spiro atoms. The molecule has 0 atom stereocenters. The largest absolute Gasteiger partial charge is 0.0879 e. The zero-order valence-corrected chi connectivity index (χ0v) is 19.3. The van der Waals surface area contributed by atoms with Crippen molar-refractivity contribution in [3.8, 4) is 0 Å². The molecule has 0 aliphatic rings. The molecule has 1 heteroatoms. The molecular weight excluding hydrogens is 368 g/mol. The van der Waals surface area contributed by atoms with Gasteiger partial charge in [0.1, 0.15) is 0 Å². The normalized spacial score (nSPS) is 11.5. The molecule has 0 nitrogen and oxygen atoms in total. The Morgan fingerprint density at radius 2 is 0.880 bits per heavy atom. The Balaban J connectivity index is 3.54. The Labute approximate surface area is 169 Å². The molecule has 0 aliphatic carbocycles. The average Bonchev–Trinajstić information content (AvgIpc) is 2.63. The first kappa shape index (κ1) is 25.5. The van der Waals surface area contributed by atoms with E-state index in [-0.39, 0.29) is 0 Å². The van der Waals surface area contributed by atoms with Crippen LogP contribution < -0.4 is 0 Å². The molecule has 151 valence electrons. The second kappa shape index (κ2) is 22.5. The third-order valence-electron chi connectivity index (χ3n) is 5.62. The quantitative estimate of drug-likeness (QED) is 0.163. The number of halogens is 1. The monoisotopic (exact) mass is 415 g/mol. The molecule has 0 fully saturated rings. The molecular formula is C24H48Br. The molecule has 1 radical (unpaired) electrons. The van der Waals surface area contributed by atoms with Crippen LogP contribution in [0.4, 0.5) is 0 Å². The molecule has 0 unspecified atom stereocenters. The standard InChI is InChI=1S/C24H48Br/c1-3-5-7-9-11-13-15-17-20-24(22-19-23-25)21-18-16-14-12-10-8-6-4-2/h23-24H,3-22H2,1-2H3. The minimum absolute atomic E-state index is 0.981. The van der Waals surface area contributed by atoms with Crippen LogP contribution in [0.3, 0.4) is 0 Å². The van der Waals surface area contributed by atoms with Gasteiger partial charge in [-0.2, -0.15) is 0 Å². The maximum Gasteiger partial charge on any atom is 0.0271 e. The van der Waals surface area contributed by atoms with Crippen molar-refractivity contribution in [3.05, 3.63) is 5.33 Å². The highest BCUT2D eigenvalue weighted by Crippen LogP contribution is 2.24. The van der Waals surface area contributed by atoms with Crippen LogP contribution in [0.5, 0.6) is 0 Å². The van der Waals surface area contributed by atoms with Gasteiger partial charge in [0.15, 0.2) is 0 Å². The van der Waals surface area contributed by atoms with E-state index in [9.17, 15) is 0 Å². The van der Waals surface area contributed by atoms with Crippen molar-refractivity contribution in [2.75, 3.05) is 0 Å². The van der Waals surface area contributed by atoms with Crippen molar-refractivity contribution in [3.63, 3.8) is 0 Å². The number of rotatable bonds is 21. The third-order valence-corrected chi connectivity index (χ3v) is 6.07. The van der Waals surface area contributed by atoms with E-state index in [0.717, 1.165) is 5.92 Å². The molecule has 0 saturated carbocycles. The van der Waals surface area contributed by atoms with E-state index in [0.29, 0.717) is 0 Å². The van der Waals surface area contributed by atoms with E-state index < -0.39 is 0 Å². The van der Waals surface area contributed by atoms with Crippen LogP contribution in [0, 0.1) is 11.2 Å². The highest BCUT2D eigenvalue weighted by atomic mass is 79.9. The summed E-state index contributed by atoms with van der Waals surface area (Å²) in [7, 11) is 0. The van der Waals surface area contributed by atoms with Crippen LogP contribution in [0.15, 0.2) is 0 Å². The highest BCUT2D eigenvalue weighted by Gasteiger charge is 2.08. The van der Waals surface area contributed by atoms with Crippen molar-refractivity contribution in [1.82, 2.24) is 0 Å². The minimum Gasteiger partial charge on any atom is -0.0879 e. The average molecular weight is 417 g/mol. The van der Waals surface area contributed by atoms with Crippen LogP contribution in [0.2, 0.25) is 0 Å². The highest BCUT2D eigenvalue weighted by molar-refractivity contribution is 9.10. The molecule has 0 aromatic rings. The Morgan fingerprint density at radius 1 is 0.520 bits per heavy atom. The van der Waals surface area contributed by atoms with Gasteiger partial charge in [0.25, 0.3) is 0 Å². The molecule has 0 aliphatic heterocycles. The Bertz CT molecular complexity index is 206. The van der Waals surface area contributed by atoms with Gasteiger partial charge in [-0.15, -0.1) is 0 Å². The fourth-order valence-corrected chi connectivity index (χ4v) is 4.13. The Hall–Kier alpha value is 0.480. The lowest BCUT2D eigenvalue weighted by Crippen LogP contribution is -2.01. The molecule has 0 bridgehead atoms. The summed E-state index contributed by atoms with van der Waals surface area (Å²) in [4.78, 5) is 0. The molecule has 0 amide bonds. The first-order chi connectivity index (χ1) is 12.3. The van der Waals surface area contributed by atoms with E-state index >= 15 is 0 Å². The molecule has 0 aromatic carbocycles. The van der Waals surface area contributed by atoms with E-state index in [1.165, 1.54) is 128 Å². The summed E-state index contributed by atoms with van der Waals surface area (Å²) in [5.74, 6) is 0.981. The van der Waals surface area contributed by atoms with Crippen molar-refractivity contribution in [1.29, 1.82) is 0 Å². The van der Waals surface area contributed by atoms with Crippen LogP contribution >= 0.6 is 15.9 Å². The lowest BCUT2D eigenvalue weighted by Gasteiger charge is -2.16. The van der Waals surface area contributed by atoms with Gasteiger partial charge in [-0.25, -0.2) is 0 Å². The zero-order valence-electron chi connectivity index (χ0n) is 17.7. The van der Waals surface area contributed by atoms with Crippen LogP contribution in [0.1, 0.15) is 142 Å². The molecule has 0 heterocycles. The second-order valence-electron chi connectivity index (χ2n) is 8.12. The smallest absolute Gasteiger partial charge is 0.0271 e. The summed E-state index contributed by atoms with van der Waals surface area (Å²) >= 11 is 3.50. The van der Waals surface area contributed by atoms with Crippen LogP contribution in [-0.4, -0.2) is 0 Å². The maximum atomic E-state index is 3.50. The second-order valence-corrected chi connectivity index (χ2v) is 8.77. The van der Waals surface area contributed by atoms with Crippen molar-refractivity contribution < 1.29 is 0 Å². The number of hydrogen-bond donors (Lipinski definition) is 0. The fourth-order valence-electron chi connectivity index (χ4n) is 3.87. The van der Waals surface area contributed by atoms with Gasteiger partial charge in [0.05, 0.1) is 0 Å². The Kier molecular flexibility index (Phi) is 23.0. The molecule has 0 aromatic heterocycles. The van der Waals surface area contributed by atoms with E-state index in [1.807, 2.05) is 0 Å². The van der Waals surface area contributed by atoms with Gasteiger partial charge < -0.3 is 0 Å². The third kappa shape index (κ3) is 20.6. The SMILES string of the molecule is CCCCCCCCCCC(CC[CH]Br)CCCCCCCCCC. The zero-order chi connectivity index (χ0) is 18.4. The van der Waals surface area contributed by atoms with Crippen molar-refractivity contribution >= 4 is 15.9 Å². The maximum absolute atomic E-state index is 3.50. The molecule has 25 heavy (non-hydrogen) atoms. The molecule has 0 N–H and O–H groups in total. The van der Waals surface area contributed by atoms with Gasteiger partial charge in [-0.3, -0.25) is 0 Å². The Morgan fingerprint density at radius 3 is 1.24 bits per heavy atom. The van der Waals surface area contributed by atoms with Gasteiger partial charge in [-0.05, 0) is 18.8 Å². The van der Waals surface area contributed by atoms with E-state index in [2.05, 4.69) is 35.1 Å². The van der Waals surface area contributed by atoms with E-state index in [1.54, 1.807) is 0 Å². The molecule has 0 saturated heterocycles. The van der Waals surface area contributed by atoms with Gasteiger partial charge in [0.2, 0.25) is 0 Å². The lowest BCUT2D eigenvalue weighted by molar-refractivity contribution is 0.381. The van der Waals surface area contributed by atoms with Gasteiger partial charge >= 0.3 is 0 Å². The van der Waals surface area contributed by atoms with Crippen LogP contribution in [0.25, 0.3) is 0 Å². The summed E-state index contributed by atoms with van der Waals surface area (Å²) < 4.78 is 0. The summed E-state index contributed by atoms with van der Waals surface area (Å²) in [5, 5.41) is 2.18. The first-order valence-corrected chi connectivity index (χ1v) is 12.7. The summed E-state index contributed by atoms with van der Waals surface area (Å²) in [6.07, 6.45) is 28.8. The summed E-state index contributed by atoms with van der Waals surface area (Å²) in [5.41, 5.74) is 0. The predicted octanol–water partition coefficient (Wildman–Crippen LogP) is 10.0.